The van der Waals surface area contributed by atoms with E-state index in [0.29, 0.717) is 24.2 Å². The summed E-state index contributed by atoms with van der Waals surface area (Å²) in [7, 11) is 1.73. The Morgan fingerprint density at radius 3 is 2.83 bits per heavy atom. The van der Waals surface area contributed by atoms with Crippen LogP contribution in [0.15, 0.2) is 0 Å². The first-order chi connectivity index (χ1) is 8.70. The van der Waals surface area contributed by atoms with Crippen LogP contribution < -0.4 is 5.73 Å². The van der Waals surface area contributed by atoms with Gasteiger partial charge in [-0.2, -0.15) is 0 Å². The lowest BCUT2D eigenvalue weighted by atomic mass is 9.83. The van der Waals surface area contributed by atoms with Crippen molar-refractivity contribution in [2.45, 2.75) is 44.6 Å². The fourth-order valence-electron chi connectivity index (χ4n) is 3.27. The predicted octanol–water partition coefficient (Wildman–Crippen LogP) is 1.39. The van der Waals surface area contributed by atoms with Crippen LogP contribution in [0, 0.1) is 11.8 Å². The van der Waals surface area contributed by atoms with Crippen LogP contribution in [0.4, 0.5) is 0 Å². The second-order valence-electron chi connectivity index (χ2n) is 5.86. The van der Waals surface area contributed by atoms with E-state index in [1.807, 2.05) is 4.90 Å². The summed E-state index contributed by atoms with van der Waals surface area (Å²) < 4.78 is 5.16. The number of hydrogen-bond donors (Lipinski definition) is 1. The maximum Gasteiger partial charge on any atom is 0.222 e. The molecule has 0 aromatic rings. The van der Waals surface area contributed by atoms with E-state index in [0.717, 1.165) is 39.0 Å². The second kappa shape index (κ2) is 6.53. The van der Waals surface area contributed by atoms with Crippen molar-refractivity contribution in [3.63, 3.8) is 0 Å². The van der Waals surface area contributed by atoms with Gasteiger partial charge in [0.2, 0.25) is 5.91 Å². The number of carbonyl (C=O) groups is 1. The first kappa shape index (κ1) is 13.8. The van der Waals surface area contributed by atoms with Gasteiger partial charge in [0.25, 0.3) is 0 Å². The first-order valence-electron chi connectivity index (χ1n) is 7.23. The number of nitrogens with two attached hydrogens (primary N) is 1. The van der Waals surface area contributed by atoms with E-state index in [1.165, 1.54) is 12.8 Å². The number of amides is 1. The number of methoxy groups -OCH3 is 1. The van der Waals surface area contributed by atoms with E-state index in [2.05, 4.69) is 0 Å². The zero-order chi connectivity index (χ0) is 13.0. The first-order valence-corrected chi connectivity index (χ1v) is 7.23. The van der Waals surface area contributed by atoms with Crippen LogP contribution in [0.1, 0.15) is 38.5 Å². The molecule has 1 saturated carbocycles. The lowest BCUT2D eigenvalue weighted by molar-refractivity contribution is -0.131. The van der Waals surface area contributed by atoms with Crippen molar-refractivity contribution in [1.29, 1.82) is 0 Å². The molecule has 2 fully saturated rings. The molecule has 0 spiro atoms. The third kappa shape index (κ3) is 3.45. The summed E-state index contributed by atoms with van der Waals surface area (Å²) in [6, 6.07) is 0.236. The van der Waals surface area contributed by atoms with Gasteiger partial charge in [-0.25, -0.2) is 0 Å². The van der Waals surface area contributed by atoms with Crippen LogP contribution in [0.3, 0.4) is 0 Å². The molecule has 0 aromatic carbocycles. The van der Waals surface area contributed by atoms with E-state index in [4.69, 9.17) is 10.5 Å². The van der Waals surface area contributed by atoms with Gasteiger partial charge >= 0.3 is 0 Å². The number of hydrogen-bond acceptors (Lipinski definition) is 3. The molecule has 0 radical (unpaired) electrons. The van der Waals surface area contributed by atoms with Gasteiger partial charge in [-0.1, -0.05) is 12.8 Å². The van der Waals surface area contributed by atoms with Crippen LogP contribution in [0.5, 0.6) is 0 Å². The Bertz CT molecular complexity index is 283. The summed E-state index contributed by atoms with van der Waals surface area (Å²) in [6.07, 6.45) is 6.41. The summed E-state index contributed by atoms with van der Waals surface area (Å²) in [5.74, 6) is 1.24. The minimum atomic E-state index is 0.236. The van der Waals surface area contributed by atoms with Crippen molar-refractivity contribution < 1.29 is 9.53 Å². The molecule has 0 aromatic heterocycles. The van der Waals surface area contributed by atoms with Crippen LogP contribution in [0.2, 0.25) is 0 Å². The van der Waals surface area contributed by atoms with Crippen molar-refractivity contribution in [1.82, 2.24) is 4.90 Å². The SMILES string of the molecule is COCC1CCN(C(=O)CC2CCCCC2N)C1. The fourth-order valence-corrected chi connectivity index (χ4v) is 3.27. The van der Waals surface area contributed by atoms with Gasteiger partial charge in [-0.3, -0.25) is 4.79 Å². The molecule has 2 N–H and O–H groups in total. The largest absolute Gasteiger partial charge is 0.384 e. The van der Waals surface area contributed by atoms with Crippen LogP contribution >= 0.6 is 0 Å². The maximum absolute atomic E-state index is 12.2. The van der Waals surface area contributed by atoms with E-state index in [-0.39, 0.29) is 6.04 Å². The Balaban J connectivity index is 1.77. The van der Waals surface area contributed by atoms with Gasteiger partial charge in [0, 0.05) is 38.6 Å². The van der Waals surface area contributed by atoms with E-state index < -0.39 is 0 Å². The fraction of sp³-hybridized carbons (Fsp3) is 0.929. The van der Waals surface area contributed by atoms with E-state index in [9.17, 15) is 4.79 Å². The Labute approximate surface area is 110 Å². The van der Waals surface area contributed by atoms with Crippen molar-refractivity contribution in [3.8, 4) is 0 Å². The monoisotopic (exact) mass is 254 g/mol. The van der Waals surface area contributed by atoms with Gasteiger partial charge in [-0.15, -0.1) is 0 Å². The minimum absolute atomic E-state index is 0.236. The van der Waals surface area contributed by atoms with Crippen molar-refractivity contribution in [2.75, 3.05) is 26.8 Å². The number of likely N-dealkylation sites (tertiary alicyclic amines) is 1. The van der Waals surface area contributed by atoms with Crippen molar-refractivity contribution >= 4 is 5.91 Å². The summed E-state index contributed by atoms with van der Waals surface area (Å²) in [4.78, 5) is 14.2. The molecule has 18 heavy (non-hydrogen) atoms. The molecule has 1 heterocycles. The Morgan fingerprint density at radius 1 is 1.33 bits per heavy atom. The molecule has 0 bridgehead atoms. The van der Waals surface area contributed by atoms with E-state index >= 15 is 0 Å². The predicted molar refractivity (Wildman–Crippen MR) is 71.1 cm³/mol. The molecule has 4 nitrogen and oxygen atoms in total. The average molecular weight is 254 g/mol. The van der Waals surface area contributed by atoms with Crippen LogP contribution in [-0.2, 0) is 9.53 Å². The highest BCUT2D eigenvalue weighted by Crippen LogP contribution is 2.27. The highest BCUT2D eigenvalue weighted by atomic mass is 16.5. The highest BCUT2D eigenvalue weighted by molar-refractivity contribution is 5.76. The maximum atomic E-state index is 12.2. The second-order valence-corrected chi connectivity index (χ2v) is 5.86. The molecule has 4 heteroatoms. The number of carbonyl (C=O) groups excluding carboxylic acids is 1. The summed E-state index contributed by atoms with van der Waals surface area (Å²) >= 11 is 0. The molecule has 1 amide bonds. The lowest BCUT2D eigenvalue weighted by Crippen LogP contribution is -2.38. The summed E-state index contributed by atoms with van der Waals surface area (Å²) in [6.45, 7) is 2.54. The molecule has 1 aliphatic carbocycles. The molecule has 2 rings (SSSR count). The van der Waals surface area contributed by atoms with Gasteiger partial charge in [0.1, 0.15) is 0 Å². The molecule has 1 saturated heterocycles. The Morgan fingerprint density at radius 2 is 2.11 bits per heavy atom. The minimum Gasteiger partial charge on any atom is -0.384 e. The third-order valence-corrected chi connectivity index (χ3v) is 4.45. The molecule has 1 aliphatic heterocycles. The van der Waals surface area contributed by atoms with Gasteiger partial charge in [-0.05, 0) is 25.2 Å². The van der Waals surface area contributed by atoms with Gasteiger partial charge in [0.05, 0.1) is 6.61 Å². The molecular weight excluding hydrogens is 228 g/mol. The summed E-state index contributed by atoms with van der Waals surface area (Å²) in [5, 5.41) is 0. The number of nitrogens with zero attached hydrogens (tertiary/aromatic N) is 1. The zero-order valence-corrected chi connectivity index (χ0v) is 11.4. The number of ether oxygens (including phenoxy) is 1. The number of rotatable bonds is 4. The van der Waals surface area contributed by atoms with Crippen LogP contribution in [0.25, 0.3) is 0 Å². The van der Waals surface area contributed by atoms with Crippen molar-refractivity contribution in [3.05, 3.63) is 0 Å². The highest BCUT2D eigenvalue weighted by Gasteiger charge is 2.30. The standard InChI is InChI=1S/C14H26N2O2/c1-18-10-11-6-7-16(9-11)14(17)8-12-4-2-3-5-13(12)15/h11-13H,2-10,15H2,1H3. The summed E-state index contributed by atoms with van der Waals surface area (Å²) in [5.41, 5.74) is 6.11. The topological polar surface area (TPSA) is 55.6 Å². The quantitative estimate of drug-likeness (QED) is 0.825. The zero-order valence-electron chi connectivity index (χ0n) is 11.4. The Hall–Kier alpha value is -0.610. The third-order valence-electron chi connectivity index (χ3n) is 4.45. The Kier molecular flexibility index (Phi) is 5.01. The van der Waals surface area contributed by atoms with E-state index in [1.54, 1.807) is 7.11 Å². The normalized spacial score (nSPS) is 32.8. The van der Waals surface area contributed by atoms with Gasteiger partial charge < -0.3 is 15.4 Å². The average Bonchev–Trinajstić information content (AvgIpc) is 2.81. The smallest absolute Gasteiger partial charge is 0.222 e. The molecule has 3 unspecified atom stereocenters. The molecular formula is C14H26N2O2. The van der Waals surface area contributed by atoms with Crippen LogP contribution in [-0.4, -0.2) is 43.7 Å². The van der Waals surface area contributed by atoms with Crippen molar-refractivity contribution in [2.24, 2.45) is 17.6 Å². The molecule has 3 atom stereocenters. The molecule has 104 valence electrons. The molecule has 2 aliphatic rings. The van der Waals surface area contributed by atoms with Gasteiger partial charge in [0.15, 0.2) is 0 Å². The lowest BCUT2D eigenvalue weighted by Gasteiger charge is -2.29.